The van der Waals surface area contributed by atoms with Gasteiger partial charge in [0.05, 0.1) is 16.9 Å². The number of nitrogens with zero attached hydrogens (tertiary/aromatic N) is 3. The van der Waals surface area contributed by atoms with Gasteiger partial charge in [0, 0.05) is 24.6 Å². The van der Waals surface area contributed by atoms with E-state index in [0.717, 1.165) is 41.0 Å². The van der Waals surface area contributed by atoms with E-state index in [4.69, 9.17) is 0 Å². The van der Waals surface area contributed by atoms with Crippen molar-refractivity contribution in [2.24, 2.45) is 11.8 Å². The van der Waals surface area contributed by atoms with E-state index >= 15 is 0 Å². The third kappa shape index (κ3) is 5.82. The predicted molar refractivity (Wildman–Crippen MR) is 129 cm³/mol. The molecule has 0 radical (unpaired) electrons. The lowest BCUT2D eigenvalue weighted by Gasteiger charge is -2.30. The minimum Gasteiger partial charge on any atom is -0.478 e. The van der Waals surface area contributed by atoms with Crippen molar-refractivity contribution in [1.82, 2.24) is 9.36 Å². The zero-order chi connectivity index (χ0) is 22.5. The first kappa shape index (κ1) is 22.7. The van der Waals surface area contributed by atoms with Gasteiger partial charge in [-0.3, -0.25) is 0 Å². The van der Waals surface area contributed by atoms with Gasteiger partial charge in [-0.15, -0.1) is 0 Å². The van der Waals surface area contributed by atoms with Gasteiger partial charge < -0.3 is 15.3 Å². The van der Waals surface area contributed by atoms with Gasteiger partial charge in [-0.2, -0.15) is 4.37 Å². The van der Waals surface area contributed by atoms with E-state index in [2.05, 4.69) is 53.3 Å². The van der Waals surface area contributed by atoms with Gasteiger partial charge >= 0.3 is 5.97 Å². The Morgan fingerprint density at radius 2 is 1.77 bits per heavy atom. The SMILES string of the molecule is Cc1nsc(Nc2cc(-c3ccccc3C(=O)O)ccc2N(CC(C)C)CC(C)C)n1. The molecule has 0 fully saturated rings. The number of nitrogens with one attached hydrogen (secondary N) is 1. The van der Waals surface area contributed by atoms with Crippen LogP contribution in [0.25, 0.3) is 11.1 Å². The fraction of sp³-hybridized carbons (Fsp3) is 0.375. The summed E-state index contributed by atoms with van der Waals surface area (Å²) in [5.41, 5.74) is 3.80. The zero-order valence-electron chi connectivity index (χ0n) is 18.7. The molecular weight excluding hydrogens is 408 g/mol. The second-order valence-corrected chi connectivity index (χ2v) is 9.30. The van der Waals surface area contributed by atoms with Crippen LogP contribution in [0.1, 0.15) is 43.9 Å². The summed E-state index contributed by atoms with van der Waals surface area (Å²) in [5.74, 6) is 0.795. The maximum absolute atomic E-state index is 11.8. The Bertz CT molecular complexity index is 1040. The van der Waals surface area contributed by atoms with Gasteiger partial charge in [0.15, 0.2) is 0 Å². The summed E-state index contributed by atoms with van der Waals surface area (Å²) in [6.45, 7) is 12.6. The second kappa shape index (κ2) is 9.92. The van der Waals surface area contributed by atoms with Crippen molar-refractivity contribution in [2.45, 2.75) is 34.6 Å². The highest BCUT2D eigenvalue weighted by atomic mass is 32.1. The number of carboxylic acids is 1. The van der Waals surface area contributed by atoms with Gasteiger partial charge in [0.25, 0.3) is 0 Å². The largest absolute Gasteiger partial charge is 0.478 e. The van der Waals surface area contributed by atoms with Crippen molar-refractivity contribution >= 4 is 34.0 Å². The molecule has 2 aromatic carbocycles. The molecular formula is C24H30N4O2S. The fourth-order valence-corrected chi connectivity index (χ4v) is 4.20. The van der Waals surface area contributed by atoms with Crippen molar-refractivity contribution in [3.8, 4) is 11.1 Å². The number of aromatic nitrogens is 2. The molecule has 3 rings (SSSR count). The quantitative estimate of drug-likeness (QED) is 0.422. The van der Waals surface area contributed by atoms with Crippen LogP contribution in [0, 0.1) is 18.8 Å². The molecule has 164 valence electrons. The number of anilines is 3. The van der Waals surface area contributed by atoms with Gasteiger partial charge in [0.1, 0.15) is 5.82 Å². The Balaban J connectivity index is 2.11. The highest BCUT2D eigenvalue weighted by Crippen LogP contribution is 2.36. The van der Waals surface area contributed by atoms with Crippen LogP contribution in [0.3, 0.4) is 0 Å². The van der Waals surface area contributed by atoms with Crippen molar-refractivity contribution in [2.75, 3.05) is 23.3 Å². The van der Waals surface area contributed by atoms with Crippen LogP contribution < -0.4 is 10.2 Å². The van der Waals surface area contributed by atoms with Crippen molar-refractivity contribution in [3.05, 3.63) is 53.9 Å². The van der Waals surface area contributed by atoms with E-state index in [-0.39, 0.29) is 5.56 Å². The smallest absolute Gasteiger partial charge is 0.336 e. The standard InChI is InChI=1S/C24H30N4O2S/c1-15(2)13-28(14-16(3)4)22-11-10-18(19-8-6-7-9-20(19)23(29)30)12-21(22)26-24-25-17(5)27-31-24/h6-12,15-16H,13-14H2,1-5H3,(H,29,30)(H,25,26,27). The number of carbonyl (C=O) groups is 1. The highest BCUT2D eigenvalue weighted by Gasteiger charge is 2.18. The van der Waals surface area contributed by atoms with E-state index < -0.39 is 5.97 Å². The van der Waals surface area contributed by atoms with E-state index in [9.17, 15) is 9.90 Å². The normalized spacial score (nSPS) is 11.2. The molecule has 0 unspecified atom stereocenters. The average molecular weight is 439 g/mol. The maximum atomic E-state index is 11.8. The Hall–Kier alpha value is -2.93. The first-order chi connectivity index (χ1) is 14.7. The summed E-state index contributed by atoms with van der Waals surface area (Å²) in [5, 5.41) is 13.8. The van der Waals surface area contributed by atoms with E-state index in [1.807, 2.05) is 31.2 Å². The number of hydrogen-bond acceptors (Lipinski definition) is 6. The zero-order valence-corrected chi connectivity index (χ0v) is 19.5. The molecule has 0 bridgehead atoms. The van der Waals surface area contributed by atoms with E-state index in [1.165, 1.54) is 11.5 Å². The summed E-state index contributed by atoms with van der Waals surface area (Å²) < 4.78 is 4.28. The average Bonchev–Trinajstić information content (AvgIpc) is 3.11. The third-order valence-corrected chi connectivity index (χ3v) is 5.47. The fourth-order valence-electron chi connectivity index (χ4n) is 3.62. The summed E-state index contributed by atoms with van der Waals surface area (Å²) in [7, 11) is 0. The van der Waals surface area contributed by atoms with Gasteiger partial charge in [-0.25, -0.2) is 9.78 Å². The highest BCUT2D eigenvalue weighted by molar-refractivity contribution is 7.09. The molecule has 0 amide bonds. The topological polar surface area (TPSA) is 78.3 Å². The number of rotatable bonds is 9. The lowest BCUT2D eigenvalue weighted by Crippen LogP contribution is -2.31. The molecule has 0 aliphatic heterocycles. The third-order valence-electron chi connectivity index (χ3n) is 4.75. The number of aromatic carboxylic acids is 1. The first-order valence-electron chi connectivity index (χ1n) is 10.5. The van der Waals surface area contributed by atoms with Crippen molar-refractivity contribution < 1.29 is 9.90 Å². The van der Waals surface area contributed by atoms with Crippen LogP contribution in [-0.2, 0) is 0 Å². The minimum absolute atomic E-state index is 0.286. The summed E-state index contributed by atoms with van der Waals surface area (Å²) >= 11 is 1.32. The molecule has 1 heterocycles. The molecule has 0 spiro atoms. The molecule has 0 aliphatic carbocycles. The molecule has 1 aromatic heterocycles. The first-order valence-corrected chi connectivity index (χ1v) is 11.3. The lowest BCUT2D eigenvalue weighted by molar-refractivity contribution is 0.0697. The molecule has 0 atom stereocenters. The second-order valence-electron chi connectivity index (χ2n) is 8.55. The van der Waals surface area contributed by atoms with Gasteiger partial charge in [0.2, 0.25) is 5.13 Å². The molecule has 2 N–H and O–H groups in total. The molecule has 3 aromatic rings. The number of benzene rings is 2. The molecule has 7 heteroatoms. The Labute approximate surface area is 188 Å². The van der Waals surface area contributed by atoms with Crippen LogP contribution >= 0.6 is 11.5 Å². The number of hydrogen-bond donors (Lipinski definition) is 2. The van der Waals surface area contributed by atoms with Crippen LogP contribution in [-0.4, -0.2) is 33.5 Å². The van der Waals surface area contributed by atoms with Crippen LogP contribution in [0.4, 0.5) is 16.5 Å². The monoisotopic (exact) mass is 438 g/mol. The Kier molecular flexibility index (Phi) is 7.28. The molecule has 0 saturated carbocycles. The van der Waals surface area contributed by atoms with Crippen LogP contribution in [0.15, 0.2) is 42.5 Å². The number of carboxylic acid groups (broad SMARTS) is 1. The Morgan fingerprint density at radius 3 is 2.35 bits per heavy atom. The maximum Gasteiger partial charge on any atom is 0.336 e. The van der Waals surface area contributed by atoms with Crippen LogP contribution in [0.2, 0.25) is 0 Å². The van der Waals surface area contributed by atoms with E-state index in [1.54, 1.807) is 12.1 Å². The minimum atomic E-state index is -0.935. The molecule has 0 aliphatic rings. The summed E-state index contributed by atoms with van der Waals surface area (Å²) in [6.07, 6.45) is 0. The van der Waals surface area contributed by atoms with E-state index in [0.29, 0.717) is 17.4 Å². The van der Waals surface area contributed by atoms with Crippen LogP contribution in [0.5, 0.6) is 0 Å². The Morgan fingerprint density at radius 1 is 1.10 bits per heavy atom. The molecule has 6 nitrogen and oxygen atoms in total. The predicted octanol–water partition coefficient (Wildman–Crippen LogP) is 6.07. The van der Waals surface area contributed by atoms with Crippen molar-refractivity contribution in [1.29, 1.82) is 0 Å². The van der Waals surface area contributed by atoms with Gasteiger partial charge in [-0.05, 0) is 48.1 Å². The lowest BCUT2D eigenvalue weighted by atomic mass is 9.98. The molecule has 0 saturated heterocycles. The number of aryl methyl sites for hydroxylation is 1. The molecule has 31 heavy (non-hydrogen) atoms. The van der Waals surface area contributed by atoms with Crippen molar-refractivity contribution in [3.63, 3.8) is 0 Å². The summed E-state index contributed by atoms with van der Waals surface area (Å²) in [6, 6.07) is 13.2. The summed E-state index contributed by atoms with van der Waals surface area (Å²) in [4.78, 5) is 18.6. The van der Waals surface area contributed by atoms with Gasteiger partial charge in [-0.1, -0.05) is 52.0 Å².